The Morgan fingerprint density at radius 3 is 2.62 bits per heavy atom. The van der Waals surface area contributed by atoms with Crippen molar-refractivity contribution in [3.05, 3.63) is 23.7 Å². The summed E-state index contributed by atoms with van der Waals surface area (Å²) < 4.78 is 41.1. The van der Waals surface area contributed by atoms with Crippen LogP contribution >= 0.6 is 0 Å². The van der Waals surface area contributed by atoms with Gasteiger partial charge in [-0.1, -0.05) is 0 Å². The van der Waals surface area contributed by atoms with E-state index in [0.29, 0.717) is 0 Å². The normalized spacial score (nSPS) is 14.5. The molecule has 1 atom stereocenters. The third kappa shape index (κ3) is 2.02. The highest BCUT2D eigenvalue weighted by Gasteiger charge is 2.36. The van der Waals surface area contributed by atoms with Gasteiger partial charge in [0.2, 0.25) is 0 Å². The van der Waals surface area contributed by atoms with Crippen molar-refractivity contribution in [2.24, 2.45) is 5.73 Å². The summed E-state index contributed by atoms with van der Waals surface area (Å²) >= 11 is 0. The summed E-state index contributed by atoms with van der Waals surface area (Å²) in [6.07, 6.45) is -3.59. The molecule has 0 fully saturated rings. The second-order valence-corrected chi connectivity index (χ2v) is 2.49. The zero-order valence-corrected chi connectivity index (χ0v) is 6.51. The average molecular weight is 195 g/mol. The number of nitrogens with two attached hydrogens (primary N) is 1. The van der Waals surface area contributed by atoms with Gasteiger partial charge >= 0.3 is 6.18 Å². The van der Waals surface area contributed by atoms with Gasteiger partial charge < -0.3 is 15.3 Å². The topological polar surface area (TPSA) is 59.4 Å². The van der Waals surface area contributed by atoms with Crippen LogP contribution in [0.15, 0.2) is 16.7 Å². The number of aliphatic hydroxyl groups excluding tert-OH is 1. The van der Waals surface area contributed by atoms with E-state index in [2.05, 4.69) is 4.42 Å². The van der Waals surface area contributed by atoms with Crippen LogP contribution in [0.4, 0.5) is 13.2 Å². The van der Waals surface area contributed by atoms with E-state index in [1.54, 1.807) is 0 Å². The summed E-state index contributed by atoms with van der Waals surface area (Å²) in [7, 11) is 0. The van der Waals surface area contributed by atoms with E-state index in [-0.39, 0.29) is 0 Å². The molecular weight excluding hydrogens is 187 g/mol. The molecule has 1 rings (SSSR count). The van der Waals surface area contributed by atoms with Crippen molar-refractivity contribution in [3.63, 3.8) is 0 Å². The fraction of sp³-hybridized carbons (Fsp3) is 0.429. The van der Waals surface area contributed by atoms with Gasteiger partial charge in [0, 0.05) is 0 Å². The van der Waals surface area contributed by atoms with Crippen molar-refractivity contribution in [2.75, 3.05) is 6.61 Å². The average Bonchev–Trinajstić information content (AvgIpc) is 2.49. The lowest BCUT2D eigenvalue weighted by atomic mass is 10.1. The van der Waals surface area contributed by atoms with Crippen LogP contribution in [-0.4, -0.2) is 11.7 Å². The summed E-state index contributed by atoms with van der Waals surface area (Å²) in [4.78, 5) is 0. The standard InChI is InChI=1S/C7H8F3NO2/c8-7(9,10)4-1-2-13-6(4)5(11)3-12/h1-2,5,12H,3,11H2/t5-/m0/s1. The third-order valence-corrected chi connectivity index (χ3v) is 1.53. The van der Waals surface area contributed by atoms with Crippen LogP contribution in [0.2, 0.25) is 0 Å². The molecule has 0 unspecified atom stereocenters. The minimum absolute atomic E-state index is 0.435. The number of hydrogen-bond donors (Lipinski definition) is 2. The number of hydrogen-bond acceptors (Lipinski definition) is 3. The third-order valence-electron chi connectivity index (χ3n) is 1.53. The van der Waals surface area contributed by atoms with Crippen molar-refractivity contribution in [1.29, 1.82) is 0 Å². The molecule has 13 heavy (non-hydrogen) atoms. The highest BCUT2D eigenvalue weighted by atomic mass is 19.4. The van der Waals surface area contributed by atoms with Crippen LogP contribution in [0.5, 0.6) is 0 Å². The van der Waals surface area contributed by atoms with E-state index in [4.69, 9.17) is 10.8 Å². The minimum atomic E-state index is -4.49. The summed E-state index contributed by atoms with van der Waals surface area (Å²) in [5.41, 5.74) is 4.26. The molecule has 0 radical (unpaired) electrons. The Kier molecular flexibility index (Phi) is 2.63. The number of alkyl halides is 3. The minimum Gasteiger partial charge on any atom is -0.467 e. The van der Waals surface area contributed by atoms with E-state index in [1.165, 1.54) is 0 Å². The van der Waals surface area contributed by atoms with Crippen molar-refractivity contribution < 1.29 is 22.7 Å². The van der Waals surface area contributed by atoms with Crippen molar-refractivity contribution in [2.45, 2.75) is 12.2 Å². The van der Waals surface area contributed by atoms with Crippen LogP contribution in [0.1, 0.15) is 17.4 Å². The highest BCUT2D eigenvalue weighted by molar-refractivity contribution is 5.23. The fourth-order valence-corrected chi connectivity index (χ4v) is 0.925. The lowest BCUT2D eigenvalue weighted by Crippen LogP contribution is -2.18. The van der Waals surface area contributed by atoms with Crippen LogP contribution in [-0.2, 0) is 6.18 Å². The van der Waals surface area contributed by atoms with Gasteiger partial charge in [-0.05, 0) is 6.07 Å². The predicted molar refractivity (Wildman–Crippen MR) is 37.7 cm³/mol. The number of halogens is 3. The lowest BCUT2D eigenvalue weighted by molar-refractivity contribution is -0.139. The van der Waals surface area contributed by atoms with Crippen molar-refractivity contribution >= 4 is 0 Å². The second-order valence-electron chi connectivity index (χ2n) is 2.49. The Morgan fingerprint density at radius 1 is 1.54 bits per heavy atom. The molecule has 74 valence electrons. The number of aliphatic hydroxyl groups is 1. The van der Waals surface area contributed by atoms with Crippen LogP contribution in [0.25, 0.3) is 0 Å². The molecule has 0 saturated carbocycles. The van der Waals surface area contributed by atoms with Gasteiger partial charge in [0.15, 0.2) is 0 Å². The first kappa shape index (κ1) is 10.1. The molecule has 0 aliphatic heterocycles. The quantitative estimate of drug-likeness (QED) is 0.747. The Hall–Kier alpha value is -1.01. The van der Waals surface area contributed by atoms with Gasteiger partial charge in [0.1, 0.15) is 5.76 Å². The van der Waals surface area contributed by atoms with Gasteiger partial charge in [-0.2, -0.15) is 13.2 Å². The molecule has 0 amide bonds. The van der Waals surface area contributed by atoms with Gasteiger partial charge in [-0.25, -0.2) is 0 Å². The Bertz CT molecular complexity index is 282. The molecule has 0 saturated heterocycles. The molecule has 0 aliphatic rings. The Morgan fingerprint density at radius 2 is 2.15 bits per heavy atom. The monoisotopic (exact) mass is 195 g/mol. The molecule has 0 aliphatic carbocycles. The van der Waals surface area contributed by atoms with E-state index >= 15 is 0 Å². The van der Waals surface area contributed by atoms with Gasteiger partial charge in [0.05, 0.1) is 24.5 Å². The first-order valence-corrected chi connectivity index (χ1v) is 3.48. The van der Waals surface area contributed by atoms with Gasteiger partial charge in [0.25, 0.3) is 0 Å². The maximum Gasteiger partial charge on any atom is 0.419 e. The van der Waals surface area contributed by atoms with E-state index < -0.39 is 30.1 Å². The first-order chi connectivity index (χ1) is 5.96. The maximum atomic E-state index is 12.2. The largest absolute Gasteiger partial charge is 0.467 e. The predicted octanol–water partition coefficient (Wildman–Crippen LogP) is 1.29. The fourth-order valence-electron chi connectivity index (χ4n) is 0.925. The first-order valence-electron chi connectivity index (χ1n) is 3.48. The molecular formula is C7H8F3NO2. The summed E-state index contributed by atoms with van der Waals surface area (Å²) in [5.74, 6) is -0.435. The Balaban J connectivity index is 3.03. The molecule has 1 heterocycles. The van der Waals surface area contributed by atoms with E-state index in [1.807, 2.05) is 0 Å². The number of rotatable bonds is 2. The van der Waals surface area contributed by atoms with Gasteiger partial charge in [-0.3, -0.25) is 0 Å². The lowest BCUT2D eigenvalue weighted by Gasteiger charge is -2.09. The van der Waals surface area contributed by atoms with E-state index in [9.17, 15) is 13.2 Å². The maximum absolute atomic E-state index is 12.2. The molecule has 0 aromatic carbocycles. The molecule has 1 aromatic rings. The van der Waals surface area contributed by atoms with Gasteiger partial charge in [-0.15, -0.1) is 0 Å². The second kappa shape index (κ2) is 3.39. The summed E-state index contributed by atoms with van der Waals surface area (Å²) in [5, 5.41) is 8.54. The molecule has 6 heteroatoms. The van der Waals surface area contributed by atoms with Crippen LogP contribution in [0, 0.1) is 0 Å². The van der Waals surface area contributed by atoms with Crippen LogP contribution in [0.3, 0.4) is 0 Å². The van der Waals surface area contributed by atoms with Crippen molar-refractivity contribution in [1.82, 2.24) is 0 Å². The van der Waals surface area contributed by atoms with Crippen molar-refractivity contribution in [3.8, 4) is 0 Å². The smallest absolute Gasteiger partial charge is 0.419 e. The highest BCUT2D eigenvalue weighted by Crippen LogP contribution is 2.34. The molecule has 0 bridgehead atoms. The summed E-state index contributed by atoms with van der Waals surface area (Å²) in [6, 6.07) is -0.350. The van der Waals surface area contributed by atoms with E-state index in [0.717, 1.165) is 12.3 Å². The van der Waals surface area contributed by atoms with Crippen LogP contribution < -0.4 is 5.73 Å². The molecule has 3 nitrogen and oxygen atoms in total. The molecule has 1 aromatic heterocycles. The zero-order chi connectivity index (χ0) is 10.1. The summed E-state index contributed by atoms with van der Waals surface area (Å²) in [6.45, 7) is -0.587. The number of furan rings is 1. The zero-order valence-electron chi connectivity index (χ0n) is 6.51. The molecule has 3 N–H and O–H groups in total. The SMILES string of the molecule is N[C@@H](CO)c1occc1C(F)(F)F. The Labute approximate surface area is 72.0 Å². The molecule has 0 spiro atoms.